The van der Waals surface area contributed by atoms with E-state index >= 15 is 0 Å². The lowest BCUT2D eigenvalue weighted by atomic mass is 10.2. The summed E-state index contributed by atoms with van der Waals surface area (Å²) in [4.78, 5) is 20.4. The monoisotopic (exact) mass is 509 g/mol. The molecule has 0 unspecified atom stereocenters. The lowest BCUT2D eigenvalue weighted by Crippen LogP contribution is -2.36. The summed E-state index contributed by atoms with van der Waals surface area (Å²) >= 11 is 1.68. The molecule has 7 nitrogen and oxygen atoms in total. The number of rotatable bonds is 7. The van der Waals surface area contributed by atoms with E-state index in [9.17, 15) is 10.1 Å². The number of hydrogen-bond donors (Lipinski definition) is 2. The van der Waals surface area contributed by atoms with Gasteiger partial charge >= 0.3 is 0 Å². The van der Waals surface area contributed by atoms with E-state index in [1.807, 2.05) is 29.6 Å². The molecule has 0 spiro atoms. The van der Waals surface area contributed by atoms with Gasteiger partial charge < -0.3 is 10.6 Å². The molecular weight excluding hydrogens is 489 g/mol. The summed E-state index contributed by atoms with van der Waals surface area (Å²) < 4.78 is 0. The van der Waals surface area contributed by atoms with Crippen molar-refractivity contribution in [1.29, 1.82) is 0 Å². The summed E-state index contributed by atoms with van der Waals surface area (Å²) in [6, 6.07) is 16.3. The molecule has 2 aromatic heterocycles. The third-order valence-electron chi connectivity index (χ3n) is 3.74. The van der Waals surface area contributed by atoms with Crippen molar-refractivity contribution >= 4 is 47.0 Å². The van der Waals surface area contributed by atoms with Crippen molar-refractivity contribution in [3.05, 3.63) is 92.4 Å². The van der Waals surface area contributed by atoms with Crippen LogP contribution in [0.15, 0.2) is 71.2 Å². The summed E-state index contributed by atoms with van der Waals surface area (Å²) in [5, 5.41) is 19.4. The van der Waals surface area contributed by atoms with Gasteiger partial charge in [-0.15, -0.1) is 35.3 Å². The summed E-state index contributed by atoms with van der Waals surface area (Å²) in [6.07, 6.45) is 1.75. The molecule has 2 N–H and O–H groups in total. The van der Waals surface area contributed by atoms with Crippen LogP contribution in [0.3, 0.4) is 0 Å². The van der Waals surface area contributed by atoms with E-state index in [0.717, 1.165) is 11.3 Å². The molecule has 0 saturated carbocycles. The van der Waals surface area contributed by atoms with Crippen molar-refractivity contribution in [1.82, 2.24) is 15.6 Å². The molecular formula is C19H20IN5O2S. The molecule has 0 fully saturated rings. The van der Waals surface area contributed by atoms with Gasteiger partial charge in [-0.2, -0.15) is 0 Å². The number of benzene rings is 1. The molecule has 2 heterocycles. The van der Waals surface area contributed by atoms with Crippen LogP contribution in [0.4, 0.5) is 5.69 Å². The van der Waals surface area contributed by atoms with Gasteiger partial charge in [0.1, 0.15) is 0 Å². The van der Waals surface area contributed by atoms with Crippen molar-refractivity contribution in [2.45, 2.75) is 19.6 Å². The highest BCUT2D eigenvalue weighted by Crippen LogP contribution is 2.12. The predicted molar refractivity (Wildman–Crippen MR) is 122 cm³/mol. The first kappa shape index (κ1) is 21.8. The smallest absolute Gasteiger partial charge is 0.269 e. The Morgan fingerprint density at radius 2 is 1.86 bits per heavy atom. The zero-order chi connectivity index (χ0) is 18.9. The zero-order valence-electron chi connectivity index (χ0n) is 14.9. The Kier molecular flexibility index (Phi) is 8.82. The fourth-order valence-corrected chi connectivity index (χ4v) is 2.97. The molecule has 0 radical (unpaired) electrons. The maximum absolute atomic E-state index is 10.7. The fraction of sp³-hybridized carbons (Fsp3) is 0.158. The number of nitro groups is 1. The quantitative estimate of drug-likeness (QED) is 0.165. The van der Waals surface area contributed by atoms with Gasteiger partial charge in [-0.05, 0) is 29.1 Å². The van der Waals surface area contributed by atoms with E-state index < -0.39 is 4.92 Å². The number of non-ortho nitro benzene ring substituents is 1. The fourth-order valence-electron chi connectivity index (χ4n) is 2.33. The van der Waals surface area contributed by atoms with Crippen LogP contribution in [0.25, 0.3) is 0 Å². The Labute approximate surface area is 184 Å². The topological polar surface area (TPSA) is 92.5 Å². The second kappa shape index (κ2) is 11.3. The van der Waals surface area contributed by atoms with Gasteiger partial charge in [-0.1, -0.05) is 24.3 Å². The Bertz CT molecular complexity index is 886. The number of nitrogens with zero attached hydrogens (tertiary/aromatic N) is 3. The highest BCUT2D eigenvalue weighted by atomic mass is 127. The molecule has 0 amide bonds. The number of guanidine groups is 1. The largest absolute Gasteiger partial charge is 0.351 e. The number of aromatic nitrogens is 1. The summed E-state index contributed by atoms with van der Waals surface area (Å²) in [7, 11) is 0. The molecule has 3 rings (SSSR count). The Morgan fingerprint density at radius 1 is 1.07 bits per heavy atom. The van der Waals surface area contributed by atoms with Gasteiger partial charge in [-0.3, -0.25) is 15.1 Å². The normalized spacial score (nSPS) is 10.8. The van der Waals surface area contributed by atoms with Crippen LogP contribution in [-0.4, -0.2) is 15.9 Å². The Hall–Kier alpha value is -2.53. The first-order valence-electron chi connectivity index (χ1n) is 8.38. The first-order valence-corrected chi connectivity index (χ1v) is 9.26. The van der Waals surface area contributed by atoms with Gasteiger partial charge in [0.25, 0.3) is 5.69 Å². The maximum Gasteiger partial charge on any atom is 0.269 e. The summed E-state index contributed by atoms with van der Waals surface area (Å²) in [5.74, 6) is 0.660. The molecule has 146 valence electrons. The van der Waals surface area contributed by atoms with Crippen molar-refractivity contribution in [2.75, 3.05) is 0 Å². The van der Waals surface area contributed by atoms with Gasteiger partial charge in [0.15, 0.2) is 5.96 Å². The summed E-state index contributed by atoms with van der Waals surface area (Å²) in [5.41, 5.74) is 1.89. The van der Waals surface area contributed by atoms with Gasteiger partial charge in [0.05, 0.1) is 30.3 Å². The molecule has 0 aliphatic heterocycles. The van der Waals surface area contributed by atoms with Crippen LogP contribution in [0.1, 0.15) is 16.1 Å². The lowest BCUT2D eigenvalue weighted by Gasteiger charge is -2.12. The van der Waals surface area contributed by atoms with E-state index in [4.69, 9.17) is 0 Å². The maximum atomic E-state index is 10.7. The van der Waals surface area contributed by atoms with Gasteiger partial charge in [-0.25, -0.2) is 4.99 Å². The molecule has 0 atom stereocenters. The highest BCUT2D eigenvalue weighted by Gasteiger charge is 2.05. The number of halogens is 1. The van der Waals surface area contributed by atoms with Crippen molar-refractivity contribution in [3.8, 4) is 0 Å². The van der Waals surface area contributed by atoms with Crippen molar-refractivity contribution < 1.29 is 4.92 Å². The first-order chi connectivity index (χ1) is 13.2. The Morgan fingerprint density at radius 3 is 2.50 bits per heavy atom. The third-order valence-corrected chi connectivity index (χ3v) is 4.62. The predicted octanol–water partition coefficient (Wildman–Crippen LogP) is 4.10. The molecule has 3 aromatic rings. The van der Waals surface area contributed by atoms with Crippen LogP contribution in [0, 0.1) is 10.1 Å². The SMILES string of the molecule is I.O=[N+]([O-])c1ccc(CN=C(NCc2ccccn2)NCc2cccs2)cc1. The number of nitrogens with one attached hydrogen (secondary N) is 2. The molecule has 28 heavy (non-hydrogen) atoms. The number of aliphatic imine (C=N–C) groups is 1. The van der Waals surface area contributed by atoms with E-state index in [2.05, 4.69) is 26.7 Å². The van der Waals surface area contributed by atoms with Crippen LogP contribution in [0.2, 0.25) is 0 Å². The number of nitro benzene ring substituents is 1. The van der Waals surface area contributed by atoms with E-state index in [0.29, 0.717) is 25.6 Å². The van der Waals surface area contributed by atoms with E-state index in [1.165, 1.54) is 17.0 Å². The number of thiophene rings is 1. The second-order valence-corrected chi connectivity index (χ2v) is 6.73. The average molecular weight is 509 g/mol. The summed E-state index contributed by atoms with van der Waals surface area (Å²) in [6.45, 7) is 1.64. The van der Waals surface area contributed by atoms with Crippen LogP contribution in [0.5, 0.6) is 0 Å². The molecule has 0 aliphatic carbocycles. The van der Waals surface area contributed by atoms with Crippen molar-refractivity contribution in [2.24, 2.45) is 4.99 Å². The minimum atomic E-state index is -0.407. The second-order valence-electron chi connectivity index (χ2n) is 5.70. The Balaban J connectivity index is 0.00000280. The third kappa shape index (κ3) is 6.89. The average Bonchev–Trinajstić information content (AvgIpc) is 3.22. The number of pyridine rings is 1. The standard InChI is InChI=1S/C19H19N5O2S.HI/c25-24(26)17-8-6-15(7-9-17)12-21-19(23-14-18-5-3-11-27-18)22-13-16-4-1-2-10-20-16;/h1-11H,12-14H2,(H2,21,22,23);1H. The molecule has 0 aliphatic rings. The highest BCUT2D eigenvalue weighted by molar-refractivity contribution is 14.0. The van der Waals surface area contributed by atoms with Gasteiger partial charge in [0.2, 0.25) is 0 Å². The zero-order valence-corrected chi connectivity index (χ0v) is 18.1. The molecule has 9 heteroatoms. The van der Waals surface area contributed by atoms with Crippen LogP contribution < -0.4 is 10.6 Å². The van der Waals surface area contributed by atoms with Crippen LogP contribution >= 0.6 is 35.3 Å². The molecule has 1 aromatic carbocycles. The van der Waals surface area contributed by atoms with E-state index in [-0.39, 0.29) is 29.7 Å². The molecule has 0 saturated heterocycles. The minimum absolute atomic E-state index is 0. The van der Waals surface area contributed by atoms with E-state index in [1.54, 1.807) is 29.7 Å². The van der Waals surface area contributed by atoms with Crippen molar-refractivity contribution in [3.63, 3.8) is 0 Å². The van der Waals surface area contributed by atoms with Crippen LogP contribution in [-0.2, 0) is 19.6 Å². The minimum Gasteiger partial charge on any atom is -0.351 e. The van der Waals surface area contributed by atoms with Gasteiger partial charge in [0, 0.05) is 23.2 Å². The molecule has 0 bridgehead atoms. The lowest BCUT2D eigenvalue weighted by molar-refractivity contribution is -0.384. The number of hydrogen-bond acceptors (Lipinski definition) is 5.